The minimum atomic E-state index is -3.30. The summed E-state index contributed by atoms with van der Waals surface area (Å²) in [7, 11) is -3.30. The highest BCUT2D eigenvalue weighted by Crippen LogP contribution is 2.26. The maximum atomic E-state index is 12.5. The molecular weight excluding hydrogens is 368 g/mol. The topological polar surface area (TPSA) is 88.9 Å². The number of carbonyl (C=O) groups excluding carboxylic acids is 1. The van der Waals surface area contributed by atoms with Gasteiger partial charge in [-0.1, -0.05) is 12.1 Å². The number of urea groups is 1. The maximum Gasteiger partial charge on any atom is 0.321 e. The molecule has 7 nitrogen and oxygen atoms in total. The molecule has 1 N–H and O–H groups in total. The second-order valence-corrected chi connectivity index (χ2v) is 8.71. The summed E-state index contributed by atoms with van der Waals surface area (Å²) < 4.78 is 35.7. The molecule has 1 aliphatic heterocycles. The lowest BCUT2D eigenvalue weighted by Gasteiger charge is -2.31. The molecule has 1 saturated heterocycles. The summed E-state index contributed by atoms with van der Waals surface area (Å²) in [5.74, 6) is 0.963. The molecule has 27 heavy (non-hydrogen) atoms. The van der Waals surface area contributed by atoms with Gasteiger partial charge in [-0.15, -0.1) is 0 Å². The van der Waals surface area contributed by atoms with E-state index in [-0.39, 0.29) is 11.8 Å². The van der Waals surface area contributed by atoms with Gasteiger partial charge in [-0.2, -0.15) is 0 Å². The number of amides is 2. The van der Waals surface area contributed by atoms with E-state index in [0.717, 1.165) is 0 Å². The highest BCUT2D eigenvalue weighted by atomic mass is 32.2. The number of nitrogens with one attached hydrogen (secondary N) is 1. The fourth-order valence-corrected chi connectivity index (χ4v) is 4.90. The molecule has 1 aromatic carbocycles. The zero-order valence-electron chi connectivity index (χ0n) is 15.3. The quantitative estimate of drug-likeness (QED) is 0.815. The molecule has 2 amide bonds. The van der Waals surface area contributed by atoms with Crippen molar-refractivity contribution in [2.24, 2.45) is 0 Å². The van der Waals surface area contributed by atoms with Crippen molar-refractivity contribution in [2.75, 3.05) is 25.0 Å². The van der Waals surface area contributed by atoms with Gasteiger partial charge < -0.3 is 19.4 Å². The summed E-state index contributed by atoms with van der Waals surface area (Å²) in [5.41, 5.74) is 0.608. The average Bonchev–Trinajstić information content (AvgIpc) is 3.16. The summed E-state index contributed by atoms with van der Waals surface area (Å²) in [5, 5.41) is 2.40. The Hall–Kier alpha value is -2.48. The fourth-order valence-electron chi connectivity index (χ4n) is 3.17. The Bertz CT molecular complexity index is 856. The lowest BCUT2D eigenvalue weighted by molar-refractivity contribution is 0.200. The fraction of sp³-hybridized carbons (Fsp3) is 0.421. The number of hydrogen-bond donors (Lipinski definition) is 1. The number of anilines is 1. The molecule has 0 saturated carbocycles. The van der Waals surface area contributed by atoms with Crippen LogP contribution in [-0.4, -0.2) is 44.3 Å². The molecule has 2 heterocycles. The van der Waals surface area contributed by atoms with Crippen LogP contribution in [0.5, 0.6) is 5.75 Å². The number of carbonyl (C=O) groups is 1. The van der Waals surface area contributed by atoms with Crippen molar-refractivity contribution in [3.63, 3.8) is 0 Å². The highest BCUT2D eigenvalue weighted by molar-refractivity contribution is 7.91. The van der Waals surface area contributed by atoms with Gasteiger partial charge in [0.05, 0.1) is 23.8 Å². The molecular formula is C19H24N2O5S. The van der Waals surface area contributed by atoms with Crippen molar-refractivity contribution in [2.45, 2.75) is 30.8 Å². The Morgan fingerprint density at radius 1 is 1.22 bits per heavy atom. The number of likely N-dealkylation sites (tertiary alicyclic amines) is 1. The Morgan fingerprint density at radius 2 is 1.96 bits per heavy atom. The molecule has 0 atom stereocenters. The molecule has 0 radical (unpaired) electrons. The summed E-state index contributed by atoms with van der Waals surface area (Å²) in [6.45, 7) is 3.17. The number of para-hydroxylation sites is 2. The lowest BCUT2D eigenvalue weighted by Crippen LogP contribution is -2.44. The van der Waals surface area contributed by atoms with E-state index in [1.807, 2.05) is 19.1 Å². The molecule has 1 aromatic heterocycles. The molecule has 0 bridgehead atoms. The molecule has 1 fully saturated rings. The molecule has 3 rings (SSSR count). The zero-order valence-corrected chi connectivity index (χ0v) is 16.1. The van der Waals surface area contributed by atoms with E-state index in [2.05, 4.69) is 5.32 Å². The number of sulfone groups is 1. The van der Waals surface area contributed by atoms with Gasteiger partial charge in [0, 0.05) is 13.1 Å². The van der Waals surface area contributed by atoms with Crippen LogP contribution in [0.3, 0.4) is 0 Å². The van der Waals surface area contributed by atoms with Gasteiger partial charge in [0.15, 0.2) is 9.84 Å². The zero-order chi connectivity index (χ0) is 19.3. The number of piperidine rings is 1. The SMILES string of the molecule is CCOc1ccccc1NC(=O)N1CCC(S(=O)(=O)Cc2ccco2)CC1. The first-order chi connectivity index (χ1) is 13.0. The summed E-state index contributed by atoms with van der Waals surface area (Å²) >= 11 is 0. The van der Waals surface area contributed by atoms with Crippen LogP contribution in [0.25, 0.3) is 0 Å². The van der Waals surface area contributed by atoms with Crippen molar-refractivity contribution in [1.82, 2.24) is 4.90 Å². The summed E-state index contributed by atoms with van der Waals surface area (Å²) in [4.78, 5) is 14.2. The van der Waals surface area contributed by atoms with E-state index in [1.54, 1.807) is 29.2 Å². The molecule has 0 unspecified atom stereocenters. The van der Waals surface area contributed by atoms with Crippen LogP contribution >= 0.6 is 0 Å². The van der Waals surface area contributed by atoms with Crippen molar-refractivity contribution >= 4 is 21.6 Å². The number of benzene rings is 1. The van der Waals surface area contributed by atoms with Crippen LogP contribution in [0.15, 0.2) is 47.1 Å². The highest BCUT2D eigenvalue weighted by Gasteiger charge is 2.32. The van der Waals surface area contributed by atoms with Crippen LogP contribution < -0.4 is 10.1 Å². The third-order valence-corrected chi connectivity index (χ3v) is 6.76. The van der Waals surface area contributed by atoms with Crippen molar-refractivity contribution in [3.8, 4) is 5.75 Å². The van der Waals surface area contributed by atoms with Crippen molar-refractivity contribution < 1.29 is 22.4 Å². The van der Waals surface area contributed by atoms with Gasteiger partial charge in [-0.25, -0.2) is 13.2 Å². The normalized spacial score (nSPS) is 15.5. The van der Waals surface area contributed by atoms with Gasteiger partial charge in [-0.3, -0.25) is 0 Å². The van der Waals surface area contributed by atoms with Gasteiger partial charge in [0.25, 0.3) is 0 Å². The van der Waals surface area contributed by atoms with Gasteiger partial charge >= 0.3 is 6.03 Å². The average molecular weight is 392 g/mol. The molecule has 8 heteroatoms. The second-order valence-electron chi connectivity index (χ2n) is 6.43. The number of ether oxygens (including phenoxy) is 1. The van der Waals surface area contributed by atoms with Crippen molar-refractivity contribution in [3.05, 3.63) is 48.4 Å². The minimum absolute atomic E-state index is 0.0986. The van der Waals surface area contributed by atoms with E-state index in [9.17, 15) is 13.2 Å². The Kier molecular flexibility index (Phi) is 6.05. The molecule has 0 spiro atoms. The van der Waals surface area contributed by atoms with E-state index < -0.39 is 15.1 Å². The van der Waals surface area contributed by atoms with Crippen LogP contribution in [0, 0.1) is 0 Å². The Balaban J connectivity index is 1.56. The van der Waals surface area contributed by atoms with Crippen LogP contribution in [0.2, 0.25) is 0 Å². The summed E-state index contributed by atoms with van der Waals surface area (Å²) in [6, 6.07) is 10.3. The first-order valence-corrected chi connectivity index (χ1v) is 10.7. The molecule has 1 aliphatic rings. The van der Waals surface area contributed by atoms with Crippen LogP contribution in [0.4, 0.5) is 10.5 Å². The smallest absolute Gasteiger partial charge is 0.321 e. The first kappa shape index (κ1) is 19.3. The predicted molar refractivity (Wildman–Crippen MR) is 103 cm³/mol. The van der Waals surface area contributed by atoms with Gasteiger partial charge in [-0.05, 0) is 44.0 Å². The lowest BCUT2D eigenvalue weighted by atomic mass is 10.1. The van der Waals surface area contributed by atoms with E-state index in [4.69, 9.17) is 9.15 Å². The van der Waals surface area contributed by atoms with E-state index >= 15 is 0 Å². The number of nitrogens with zero attached hydrogens (tertiary/aromatic N) is 1. The number of furan rings is 1. The monoisotopic (exact) mass is 392 g/mol. The predicted octanol–water partition coefficient (Wildman–Crippen LogP) is 3.29. The van der Waals surface area contributed by atoms with E-state index in [0.29, 0.717) is 49.7 Å². The van der Waals surface area contributed by atoms with Gasteiger partial charge in [0.2, 0.25) is 0 Å². The number of rotatable bonds is 6. The molecule has 2 aromatic rings. The minimum Gasteiger partial charge on any atom is -0.492 e. The van der Waals surface area contributed by atoms with E-state index in [1.165, 1.54) is 6.26 Å². The maximum absolute atomic E-state index is 12.5. The molecule has 0 aliphatic carbocycles. The largest absolute Gasteiger partial charge is 0.492 e. The molecule has 146 valence electrons. The Labute approximate surface area is 159 Å². The standard InChI is InChI=1S/C19H24N2O5S/c1-2-25-18-8-4-3-7-17(18)20-19(22)21-11-9-16(10-12-21)27(23,24)14-15-6-5-13-26-15/h3-8,13,16H,2,9-12,14H2,1H3,(H,20,22). The van der Waals surface area contributed by atoms with Gasteiger partial charge in [0.1, 0.15) is 17.3 Å². The van der Waals surface area contributed by atoms with Crippen LogP contribution in [-0.2, 0) is 15.6 Å². The third-order valence-electron chi connectivity index (χ3n) is 4.59. The number of hydrogen-bond acceptors (Lipinski definition) is 5. The summed E-state index contributed by atoms with van der Waals surface area (Å²) in [6.07, 6.45) is 2.31. The first-order valence-electron chi connectivity index (χ1n) is 9.01. The Morgan fingerprint density at radius 3 is 2.63 bits per heavy atom. The van der Waals surface area contributed by atoms with Crippen molar-refractivity contribution in [1.29, 1.82) is 0 Å². The third kappa shape index (κ3) is 4.82. The second kappa shape index (κ2) is 8.47. The van der Waals surface area contributed by atoms with Crippen LogP contribution in [0.1, 0.15) is 25.5 Å².